The topological polar surface area (TPSA) is 68.5 Å². The Bertz CT molecular complexity index is 535. The molecular formula is C11H12N4O2. The second-order valence-corrected chi connectivity index (χ2v) is 3.29. The highest BCUT2D eigenvalue weighted by Gasteiger charge is 2.12. The third-order valence-electron chi connectivity index (χ3n) is 2.12. The molecule has 2 aromatic rings. The maximum absolute atomic E-state index is 11.7. The van der Waals surface area contributed by atoms with Gasteiger partial charge in [-0.25, -0.2) is 15.4 Å². The van der Waals surface area contributed by atoms with Crippen molar-refractivity contribution in [3.8, 4) is 0 Å². The van der Waals surface area contributed by atoms with Crippen molar-refractivity contribution in [2.24, 2.45) is 0 Å². The lowest BCUT2D eigenvalue weighted by Crippen LogP contribution is -2.25. The molecule has 0 aliphatic rings. The Kier molecular flexibility index (Phi) is 3.46. The smallest absolute Gasteiger partial charge is 0.297 e. The number of imidazole rings is 1. The predicted octanol–water partition coefficient (Wildman–Crippen LogP) is 0.967. The van der Waals surface area contributed by atoms with Crippen LogP contribution in [0.4, 0.5) is 0 Å². The van der Waals surface area contributed by atoms with E-state index in [-0.39, 0.29) is 5.69 Å². The molecular weight excluding hydrogens is 220 g/mol. The molecule has 0 aliphatic carbocycles. The molecule has 6 nitrogen and oxygen atoms in total. The van der Waals surface area contributed by atoms with E-state index in [1.165, 1.54) is 6.20 Å². The van der Waals surface area contributed by atoms with Crippen molar-refractivity contribution in [2.75, 3.05) is 6.61 Å². The van der Waals surface area contributed by atoms with Gasteiger partial charge in [-0.15, -0.1) is 6.58 Å². The van der Waals surface area contributed by atoms with Crippen LogP contribution < -0.4 is 5.48 Å². The zero-order chi connectivity index (χ0) is 12.1. The molecule has 0 atom stereocenters. The van der Waals surface area contributed by atoms with Crippen molar-refractivity contribution in [1.29, 1.82) is 0 Å². The van der Waals surface area contributed by atoms with Gasteiger partial charge in [-0.1, -0.05) is 6.08 Å². The van der Waals surface area contributed by atoms with Crippen molar-refractivity contribution in [3.63, 3.8) is 0 Å². The summed E-state index contributed by atoms with van der Waals surface area (Å²) < 4.78 is 1.71. The van der Waals surface area contributed by atoms with Gasteiger partial charge < -0.3 is 4.40 Å². The van der Waals surface area contributed by atoms with Crippen molar-refractivity contribution in [2.45, 2.75) is 6.42 Å². The standard InChI is InChI=1S/C11H12N4O2/c1-2-3-8-17-14-11(16)9-10-13-5-7-15(10)6-4-12-9/h2,4-7H,1,3,8H2,(H,14,16). The zero-order valence-corrected chi connectivity index (χ0v) is 9.17. The third kappa shape index (κ3) is 2.48. The lowest BCUT2D eigenvalue weighted by Gasteiger charge is -2.04. The van der Waals surface area contributed by atoms with Gasteiger partial charge in [0.25, 0.3) is 5.91 Å². The molecule has 0 bridgehead atoms. The number of hydrogen-bond donors (Lipinski definition) is 1. The van der Waals surface area contributed by atoms with Gasteiger partial charge in [-0.2, -0.15) is 0 Å². The highest BCUT2D eigenvalue weighted by atomic mass is 16.6. The number of carbonyl (C=O) groups excluding carboxylic acids is 1. The average Bonchev–Trinajstić information content (AvgIpc) is 2.82. The number of amides is 1. The fourth-order valence-corrected chi connectivity index (χ4v) is 1.32. The van der Waals surface area contributed by atoms with Gasteiger partial charge in [0.1, 0.15) is 0 Å². The summed E-state index contributed by atoms with van der Waals surface area (Å²) in [6, 6.07) is 0. The summed E-state index contributed by atoms with van der Waals surface area (Å²) in [4.78, 5) is 24.7. The summed E-state index contributed by atoms with van der Waals surface area (Å²) in [7, 11) is 0. The van der Waals surface area contributed by atoms with Crippen LogP contribution in [-0.4, -0.2) is 26.9 Å². The van der Waals surface area contributed by atoms with Crippen molar-refractivity contribution in [1.82, 2.24) is 19.8 Å². The lowest BCUT2D eigenvalue weighted by molar-refractivity contribution is 0.0327. The van der Waals surface area contributed by atoms with Gasteiger partial charge in [-0.05, 0) is 6.42 Å². The Morgan fingerprint density at radius 3 is 3.00 bits per heavy atom. The Balaban J connectivity index is 2.08. The summed E-state index contributed by atoms with van der Waals surface area (Å²) in [5.74, 6) is -0.411. The first kappa shape index (κ1) is 11.3. The average molecular weight is 232 g/mol. The molecule has 0 saturated carbocycles. The molecule has 17 heavy (non-hydrogen) atoms. The van der Waals surface area contributed by atoms with E-state index in [9.17, 15) is 4.79 Å². The summed E-state index contributed by atoms with van der Waals surface area (Å²) in [5.41, 5.74) is 3.04. The van der Waals surface area contributed by atoms with Crippen LogP contribution in [0.2, 0.25) is 0 Å². The van der Waals surface area contributed by atoms with E-state index in [0.717, 1.165) is 0 Å². The number of nitrogens with one attached hydrogen (secondary N) is 1. The number of carbonyl (C=O) groups is 1. The van der Waals surface area contributed by atoms with Crippen LogP contribution >= 0.6 is 0 Å². The molecule has 1 amide bonds. The summed E-state index contributed by atoms with van der Waals surface area (Å²) >= 11 is 0. The maximum Gasteiger partial charge on any atom is 0.297 e. The number of aromatic nitrogens is 3. The maximum atomic E-state index is 11.7. The highest BCUT2D eigenvalue weighted by Crippen LogP contribution is 2.04. The van der Waals surface area contributed by atoms with Gasteiger partial charge in [0.2, 0.25) is 0 Å². The molecule has 0 aromatic carbocycles. The quantitative estimate of drug-likeness (QED) is 0.473. The number of fused-ring (bicyclic) bond motifs is 1. The lowest BCUT2D eigenvalue weighted by atomic mass is 10.4. The summed E-state index contributed by atoms with van der Waals surface area (Å²) in [6.07, 6.45) is 8.98. The number of nitrogens with zero attached hydrogens (tertiary/aromatic N) is 3. The molecule has 0 fully saturated rings. The monoisotopic (exact) mass is 232 g/mol. The highest BCUT2D eigenvalue weighted by molar-refractivity contribution is 5.97. The van der Waals surface area contributed by atoms with Crippen LogP contribution in [0, 0.1) is 0 Å². The second kappa shape index (κ2) is 5.22. The van der Waals surface area contributed by atoms with Crippen LogP contribution in [-0.2, 0) is 4.84 Å². The minimum Gasteiger partial charge on any atom is -0.304 e. The first-order valence-electron chi connectivity index (χ1n) is 5.13. The van der Waals surface area contributed by atoms with E-state index in [1.54, 1.807) is 29.1 Å². The van der Waals surface area contributed by atoms with Gasteiger partial charge in [-0.3, -0.25) is 9.63 Å². The molecule has 0 unspecified atom stereocenters. The van der Waals surface area contributed by atoms with E-state index >= 15 is 0 Å². The van der Waals surface area contributed by atoms with E-state index in [0.29, 0.717) is 18.7 Å². The van der Waals surface area contributed by atoms with Gasteiger partial charge in [0.05, 0.1) is 6.61 Å². The Labute approximate surface area is 97.9 Å². The molecule has 2 heterocycles. The van der Waals surface area contributed by atoms with Crippen molar-refractivity contribution >= 4 is 11.6 Å². The van der Waals surface area contributed by atoms with E-state index in [2.05, 4.69) is 22.0 Å². The van der Waals surface area contributed by atoms with Crippen LogP contribution in [0.5, 0.6) is 0 Å². The summed E-state index contributed by atoms with van der Waals surface area (Å²) in [6.45, 7) is 3.93. The third-order valence-corrected chi connectivity index (χ3v) is 2.12. The fraction of sp³-hybridized carbons (Fsp3) is 0.182. The predicted molar refractivity (Wildman–Crippen MR) is 61.2 cm³/mol. The molecule has 2 aromatic heterocycles. The zero-order valence-electron chi connectivity index (χ0n) is 9.17. The molecule has 0 aliphatic heterocycles. The van der Waals surface area contributed by atoms with E-state index in [4.69, 9.17) is 4.84 Å². The number of rotatable bonds is 5. The molecule has 0 radical (unpaired) electrons. The van der Waals surface area contributed by atoms with Gasteiger partial charge in [0, 0.05) is 24.8 Å². The molecule has 0 spiro atoms. The number of hydrogen-bond acceptors (Lipinski definition) is 4. The van der Waals surface area contributed by atoms with Crippen molar-refractivity contribution in [3.05, 3.63) is 43.1 Å². The molecule has 1 N–H and O–H groups in total. The van der Waals surface area contributed by atoms with Crippen LogP contribution in [0.3, 0.4) is 0 Å². The first-order valence-corrected chi connectivity index (χ1v) is 5.13. The van der Waals surface area contributed by atoms with Gasteiger partial charge in [0.15, 0.2) is 11.3 Å². The largest absolute Gasteiger partial charge is 0.304 e. The van der Waals surface area contributed by atoms with Crippen LogP contribution in [0.25, 0.3) is 5.65 Å². The van der Waals surface area contributed by atoms with E-state index in [1.807, 2.05) is 0 Å². The SMILES string of the molecule is C=CCCONC(=O)c1nccn2ccnc12. The molecule has 6 heteroatoms. The van der Waals surface area contributed by atoms with Crippen LogP contribution in [0.1, 0.15) is 16.9 Å². The Hall–Kier alpha value is -2.21. The first-order chi connectivity index (χ1) is 8.33. The van der Waals surface area contributed by atoms with Crippen molar-refractivity contribution < 1.29 is 9.63 Å². The normalized spacial score (nSPS) is 10.4. The molecule has 2 rings (SSSR count). The Morgan fingerprint density at radius 2 is 2.24 bits per heavy atom. The minimum absolute atomic E-state index is 0.233. The second-order valence-electron chi connectivity index (χ2n) is 3.29. The Morgan fingerprint density at radius 1 is 1.47 bits per heavy atom. The fourth-order valence-electron chi connectivity index (χ4n) is 1.32. The molecule has 0 saturated heterocycles. The molecule has 88 valence electrons. The number of hydroxylamine groups is 1. The minimum atomic E-state index is -0.411. The van der Waals surface area contributed by atoms with Crippen LogP contribution in [0.15, 0.2) is 37.4 Å². The van der Waals surface area contributed by atoms with Gasteiger partial charge >= 0.3 is 0 Å². The summed E-state index contributed by atoms with van der Waals surface area (Å²) in [5, 5.41) is 0. The van der Waals surface area contributed by atoms with E-state index < -0.39 is 5.91 Å².